The number of hydrogen-bond acceptors (Lipinski definition) is 4. The minimum absolute atomic E-state index is 0.0335. The average molecular weight is 512 g/mol. The van der Waals surface area contributed by atoms with Crippen LogP contribution in [0.2, 0.25) is 5.02 Å². The van der Waals surface area contributed by atoms with E-state index < -0.39 is 11.9 Å². The Kier molecular flexibility index (Phi) is 6.73. The van der Waals surface area contributed by atoms with Crippen molar-refractivity contribution in [1.29, 1.82) is 0 Å². The first kappa shape index (κ1) is 24.3. The van der Waals surface area contributed by atoms with Crippen molar-refractivity contribution >= 4 is 29.1 Å². The summed E-state index contributed by atoms with van der Waals surface area (Å²) in [5, 5.41) is 4.48. The highest BCUT2D eigenvalue weighted by molar-refractivity contribution is 6.30. The van der Waals surface area contributed by atoms with Gasteiger partial charge in [0.25, 0.3) is 0 Å². The van der Waals surface area contributed by atoms with Crippen LogP contribution in [-0.2, 0) is 6.18 Å². The summed E-state index contributed by atoms with van der Waals surface area (Å²) >= 11 is 5.97. The normalized spacial score (nSPS) is 15.3. The molecule has 5 rings (SSSR count). The number of fused-ring (bicyclic) bond motifs is 1. The van der Waals surface area contributed by atoms with Crippen LogP contribution in [0, 0.1) is 6.92 Å². The van der Waals surface area contributed by atoms with Crippen molar-refractivity contribution in [2.75, 3.05) is 37.6 Å². The quantitative estimate of drug-likeness (QED) is 0.319. The third kappa shape index (κ3) is 5.10. The lowest BCUT2D eigenvalue weighted by Crippen LogP contribution is -2.47. The van der Waals surface area contributed by atoms with Gasteiger partial charge < -0.3 is 4.90 Å². The maximum Gasteiger partial charge on any atom is 0.435 e. The Labute approximate surface area is 212 Å². The van der Waals surface area contributed by atoms with Gasteiger partial charge in [0.15, 0.2) is 11.3 Å². The number of nitrogens with zero attached hydrogens (tertiary/aromatic N) is 5. The standard InChI is InChI=1S/C27H25ClF3N5/c1-19-18-23(35-16-14-34(15-17-35)13-5-8-20-6-3-2-4-7-20)36-26(32-19)24(25(33-36)27(29,30)31)21-9-11-22(28)12-10-21/h2-12,18H,13-17H2,1H3/b8-5+. The van der Waals surface area contributed by atoms with Crippen LogP contribution >= 0.6 is 11.6 Å². The highest BCUT2D eigenvalue weighted by Gasteiger charge is 2.39. The van der Waals surface area contributed by atoms with Crippen molar-refractivity contribution in [1.82, 2.24) is 19.5 Å². The first-order chi connectivity index (χ1) is 17.3. The maximum absolute atomic E-state index is 14.1. The van der Waals surface area contributed by atoms with Crippen LogP contribution in [0.25, 0.3) is 22.9 Å². The zero-order chi connectivity index (χ0) is 25.3. The van der Waals surface area contributed by atoms with Crippen LogP contribution in [0.1, 0.15) is 17.0 Å². The van der Waals surface area contributed by atoms with Gasteiger partial charge in [0, 0.05) is 49.5 Å². The number of halogens is 4. The predicted octanol–water partition coefficient (Wildman–Crippen LogP) is 6.21. The van der Waals surface area contributed by atoms with E-state index in [4.69, 9.17) is 11.6 Å². The third-order valence-corrected chi connectivity index (χ3v) is 6.52. The number of aryl methyl sites for hydroxylation is 1. The van der Waals surface area contributed by atoms with Gasteiger partial charge in [-0.05, 0) is 30.2 Å². The molecule has 1 fully saturated rings. The molecule has 0 bridgehead atoms. The number of aromatic nitrogens is 3. The van der Waals surface area contributed by atoms with E-state index in [1.54, 1.807) is 37.3 Å². The lowest BCUT2D eigenvalue weighted by Gasteiger charge is -2.35. The van der Waals surface area contributed by atoms with E-state index >= 15 is 0 Å². The minimum atomic E-state index is -4.63. The Balaban J connectivity index is 1.42. The predicted molar refractivity (Wildman–Crippen MR) is 137 cm³/mol. The first-order valence-corrected chi connectivity index (χ1v) is 12.1. The van der Waals surface area contributed by atoms with Crippen molar-refractivity contribution in [3.8, 4) is 11.1 Å². The largest absolute Gasteiger partial charge is 0.435 e. The summed E-state index contributed by atoms with van der Waals surface area (Å²) in [6.45, 7) is 5.54. The molecule has 2 aromatic carbocycles. The molecule has 1 aliphatic rings. The fourth-order valence-electron chi connectivity index (χ4n) is 4.49. The topological polar surface area (TPSA) is 36.7 Å². The van der Waals surface area contributed by atoms with Crippen LogP contribution in [-0.4, -0.2) is 52.2 Å². The van der Waals surface area contributed by atoms with Gasteiger partial charge in [0.05, 0.1) is 5.56 Å². The second-order valence-corrected chi connectivity index (χ2v) is 9.26. The number of anilines is 1. The lowest BCUT2D eigenvalue weighted by atomic mass is 10.1. The summed E-state index contributed by atoms with van der Waals surface area (Å²) in [6.07, 6.45) is -0.387. The number of piperazine rings is 1. The van der Waals surface area contributed by atoms with Gasteiger partial charge in [0.1, 0.15) is 5.82 Å². The molecule has 4 aromatic rings. The van der Waals surface area contributed by atoms with Gasteiger partial charge >= 0.3 is 6.18 Å². The molecule has 0 spiro atoms. The van der Waals surface area contributed by atoms with Crippen LogP contribution in [0.4, 0.5) is 19.0 Å². The highest BCUT2D eigenvalue weighted by atomic mass is 35.5. The molecule has 186 valence electrons. The summed E-state index contributed by atoms with van der Waals surface area (Å²) in [6, 6.07) is 18.2. The van der Waals surface area contributed by atoms with E-state index in [1.165, 1.54) is 4.52 Å². The molecule has 0 radical (unpaired) electrons. The second-order valence-electron chi connectivity index (χ2n) is 8.82. The van der Waals surface area contributed by atoms with Crippen molar-refractivity contribution in [2.45, 2.75) is 13.1 Å². The number of alkyl halides is 3. The van der Waals surface area contributed by atoms with E-state index in [2.05, 4.69) is 44.2 Å². The van der Waals surface area contributed by atoms with Crippen LogP contribution in [0.3, 0.4) is 0 Å². The second kappa shape index (κ2) is 9.95. The fraction of sp³-hybridized carbons (Fsp3) is 0.259. The van der Waals surface area contributed by atoms with Crippen LogP contribution in [0.15, 0.2) is 66.7 Å². The molecular formula is C27H25ClF3N5. The minimum Gasteiger partial charge on any atom is -0.354 e. The van der Waals surface area contributed by atoms with Crippen molar-refractivity contribution in [3.63, 3.8) is 0 Å². The van der Waals surface area contributed by atoms with Crippen molar-refractivity contribution in [3.05, 3.63) is 88.7 Å². The summed E-state index contributed by atoms with van der Waals surface area (Å²) in [4.78, 5) is 8.87. The van der Waals surface area contributed by atoms with Gasteiger partial charge in [0.2, 0.25) is 0 Å². The molecule has 5 nitrogen and oxygen atoms in total. The molecular weight excluding hydrogens is 487 g/mol. The number of hydrogen-bond donors (Lipinski definition) is 0. The third-order valence-electron chi connectivity index (χ3n) is 6.27. The Morgan fingerprint density at radius 1 is 0.972 bits per heavy atom. The van der Waals surface area contributed by atoms with E-state index in [1.807, 2.05) is 18.2 Å². The van der Waals surface area contributed by atoms with Crippen molar-refractivity contribution < 1.29 is 13.2 Å². The molecule has 1 saturated heterocycles. The summed E-state index contributed by atoms with van der Waals surface area (Å²) in [5.41, 5.74) is 1.37. The molecule has 0 atom stereocenters. The zero-order valence-corrected chi connectivity index (χ0v) is 20.5. The van der Waals surface area contributed by atoms with Crippen LogP contribution < -0.4 is 4.90 Å². The van der Waals surface area contributed by atoms with Gasteiger partial charge in [-0.25, -0.2) is 4.98 Å². The molecule has 3 heterocycles. The molecule has 36 heavy (non-hydrogen) atoms. The molecule has 9 heteroatoms. The lowest BCUT2D eigenvalue weighted by molar-refractivity contribution is -0.140. The fourth-order valence-corrected chi connectivity index (χ4v) is 4.61. The van der Waals surface area contributed by atoms with Gasteiger partial charge in [-0.1, -0.05) is 66.2 Å². The van der Waals surface area contributed by atoms with Gasteiger partial charge in [-0.15, -0.1) is 0 Å². The smallest absolute Gasteiger partial charge is 0.354 e. The molecule has 1 aliphatic heterocycles. The number of benzene rings is 2. The molecule has 0 amide bonds. The Morgan fingerprint density at radius 3 is 2.33 bits per heavy atom. The molecule has 0 unspecified atom stereocenters. The Morgan fingerprint density at radius 2 is 1.67 bits per heavy atom. The zero-order valence-electron chi connectivity index (χ0n) is 19.7. The number of rotatable bonds is 5. The SMILES string of the molecule is Cc1cc(N2CCN(C/C=C/c3ccccc3)CC2)n2nc(C(F)(F)F)c(-c3ccc(Cl)cc3)c2n1. The highest BCUT2D eigenvalue weighted by Crippen LogP contribution is 2.40. The first-order valence-electron chi connectivity index (χ1n) is 11.7. The monoisotopic (exact) mass is 511 g/mol. The summed E-state index contributed by atoms with van der Waals surface area (Å²) in [5.74, 6) is 0.614. The molecule has 0 saturated carbocycles. The summed E-state index contributed by atoms with van der Waals surface area (Å²) < 4.78 is 43.5. The molecule has 0 N–H and O–H groups in total. The Hall–Kier alpha value is -3.36. The van der Waals surface area contributed by atoms with E-state index in [0.29, 0.717) is 35.2 Å². The van der Waals surface area contributed by atoms with E-state index in [0.717, 1.165) is 25.2 Å². The van der Waals surface area contributed by atoms with Gasteiger partial charge in [-0.2, -0.15) is 22.8 Å². The van der Waals surface area contributed by atoms with Gasteiger partial charge in [-0.3, -0.25) is 4.90 Å². The van der Waals surface area contributed by atoms with E-state index in [9.17, 15) is 13.2 Å². The summed E-state index contributed by atoms with van der Waals surface area (Å²) in [7, 11) is 0. The average Bonchev–Trinajstić information content (AvgIpc) is 3.25. The Bertz CT molecular complexity index is 1370. The van der Waals surface area contributed by atoms with Crippen LogP contribution in [0.5, 0.6) is 0 Å². The maximum atomic E-state index is 14.1. The van der Waals surface area contributed by atoms with Crippen molar-refractivity contribution in [2.24, 2.45) is 0 Å². The molecule has 0 aliphatic carbocycles. The molecule has 2 aromatic heterocycles. The van der Waals surface area contributed by atoms with E-state index in [-0.39, 0.29) is 11.2 Å².